The van der Waals surface area contributed by atoms with Crippen LogP contribution in [-0.4, -0.2) is 15.2 Å². The minimum atomic E-state index is -0.203. The molecule has 0 aliphatic heterocycles. The maximum Gasteiger partial charge on any atom is 0.120 e. The molecular weight excluding hydrogens is 368 g/mol. The van der Waals surface area contributed by atoms with Crippen molar-refractivity contribution in [2.45, 2.75) is 39.7 Å². The van der Waals surface area contributed by atoms with Crippen LogP contribution in [0.1, 0.15) is 44.4 Å². The molecule has 0 saturated carbocycles. The van der Waals surface area contributed by atoms with Gasteiger partial charge in [0.25, 0.3) is 0 Å². The van der Waals surface area contributed by atoms with E-state index >= 15 is 0 Å². The van der Waals surface area contributed by atoms with Gasteiger partial charge in [0.2, 0.25) is 0 Å². The first-order chi connectivity index (χ1) is 14.4. The average Bonchev–Trinajstić information content (AvgIpc) is 3.15. The van der Waals surface area contributed by atoms with E-state index in [0.29, 0.717) is 0 Å². The van der Waals surface area contributed by atoms with Gasteiger partial charge in [-0.1, -0.05) is 49.4 Å². The summed E-state index contributed by atoms with van der Waals surface area (Å²) in [4.78, 5) is 4.61. The van der Waals surface area contributed by atoms with Gasteiger partial charge in [-0.05, 0) is 80.3 Å². The Kier molecular flexibility index (Phi) is 5.45. The van der Waals surface area contributed by atoms with Gasteiger partial charge in [-0.2, -0.15) is 0 Å². The smallest absolute Gasteiger partial charge is 0.120 e. The first kappa shape index (κ1) is 20.0. The molecule has 30 heavy (non-hydrogen) atoms. The molecule has 0 fully saturated rings. The maximum atomic E-state index is 5.92. The highest BCUT2D eigenvalue weighted by molar-refractivity contribution is 5.82. The minimum absolute atomic E-state index is 0.203. The number of imidazole rings is 1. The van der Waals surface area contributed by atoms with Crippen LogP contribution in [-0.2, 0) is 6.42 Å². The Balaban J connectivity index is 1.55. The van der Waals surface area contributed by atoms with Crippen LogP contribution in [0, 0.1) is 0 Å². The second-order valence-electron chi connectivity index (χ2n) is 8.50. The van der Waals surface area contributed by atoms with E-state index in [0.717, 1.165) is 34.5 Å². The van der Waals surface area contributed by atoms with Crippen LogP contribution in [0.5, 0.6) is 5.75 Å². The second kappa shape index (κ2) is 8.19. The first-order valence-corrected chi connectivity index (χ1v) is 10.4. The Hall–Kier alpha value is -3.33. The van der Waals surface area contributed by atoms with E-state index in [9.17, 15) is 0 Å². The van der Waals surface area contributed by atoms with Crippen LogP contribution in [0.15, 0.2) is 73.1 Å². The summed E-state index contributed by atoms with van der Waals surface area (Å²) in [6.07, 6.45) is 7.22. The van der Waals surface area contributed by atoms with Gasteiger partial charge in [0.1, 0.15) is 17.7 Å². The number of ether oxygens (including phenoxy) is 1. The average molecular weight is 397 g/mol. The zero-order valence-corrected chi connectivity index (χ0v) is 18.1. The van der Waals surface area contributed by atoms with Crippen LogP contribution < -0.4 is 4.74 Å². The fourth-order valence-electron chi connectivity index (χ4n) is 3.42. The normalized spacial score (nSPS) is 12.0. The molecule has 0 saturated heterocycles. The number of aromatic nitrogens is 2. The summed E-state index contributed by atoms with van der Waals surface area (Å²) in [7, 11) is 0. The summed E-state index contributed by atoms with van der Waals surface area (Å²) in [5.74, 6) is 0.870. The molecule has 0 atom stereocenters. The number of fused-ring (bicyclic) bond motifs is 1. The van der Waals surface area contributed by atoms with E-state index in [2.05, 4.69) is 104 Å². The van der Waals surface area contributed by atoms with Crippen molar-refractivity contribution in [1.29, 1.82) is 0 Å². The molecule has 0 spiro atoms. The molecular formula is C27H28N2O. The van der Waals surface area contributed by atoms with Crippen molar-refractivity contribution in [2.75, 3.05) is 0 Å². The number of benzene rings is 3. The zero-order chi connectivity index (χ0) is 21.1. The van der Waals surface area contributed by atoms with Crippen LogP contribution in [0.4, 0.5) is 0 Å². The predicted octanol–water partition coefficient (Wildman–Crippen LogP) is 6.94. The summed E-state index contributed by atoms with van der Waals surface area (Å²) in [6.45, 7) is 8.33. The molecule has 1 heterocycles. The Morgan fingerprint density at radius 1 is 0.867 bits per heavy atom. The third-order valence-electron chi connectivity index (χ3n) is 4.97. The first-order valence-electron chi connectivity index (χ1n) is 10.4. The third-order valence-corrected chi connectivity index (χ3v) is 4.97. The maximum absolute atomic E-state index is 5.92. The summed E-state index contributed by atoms with van der Waals surface area (Å²) in [6, 6.07) is 23.2. The molecule has 0 radical (unpaired) electrons. The lowest BCUT2D eigenvalue weighted by Crippen LogP contribution is -2.22. The lowest BCUT2D eigenvalue weighted by atomic mass is 10.1. The standard InChI is InChI=1S/C27H28N2O/c1-5-20-6-8-21(9-7-20)10-11-22-12-17-26-25(18-22)28-19-29(26)23-13-15-24(16-14-23)30-27(2,3)4/h6-19H,5H2,1-4H3/b11-10+. The quantitative estimate of drug-likeness (QED) is 0.342. The summed E-state index contributed by atoms with van der Waals surface area (Å²) >= 11 is 0. The van der Waals surface area contributed by atoms with Crippen LogP contribution in [0.2, 0.25) is 0 Å². The molecule has 1 aromatic heterocycles. The molecule has 0 amide bonds. The van der Waals surface area contributed by atoms with E-state index in [1.807, 2.05) is 18.5 Å². The SMILES string of the molecule is CCc1ccc(/C=C/c2ccc3c(c2)ncn3-c2ccc(OC(C)(C)C)cc2)cc1. The molecule has 3 nitrogen and oxygen atoms in total. The lowest BCUT2D eigenvalue weighted by Gasteiger charge is -2.21. The van der Waals surface area contributed by atoms with Crippen molar-refractivity contribution < 1.29 is 4.74 Å². The van der Waals surface area contributed by atoms with Gasteiger partial charge < -0.3 is 4.74 Å². The highest BCUT2D eigenvalue weighted by atomic mass is 16.5. The van der Waals surface area contributed by atoms with Crippen molar-refractivity contribution in [3.8, 4) is 11.4 Å². The van der Waals surface area contributed by atoms with Crippen molar-refractivity contribution in [3.63, 3.8) is 0 Å². The summed E-state index contributed by atoms with van der Waals surface area (Å²) in [5.41, 5.74) is 6.63. The number of aryl methyl sites for hydroxylation is 1. The molecule has 3 aromatic carbocycles. The van der Waals surface area contributed by atoms with Gasteiger partial charge in [0, 0.05) is 5.69 Å². The lowest BCUT2D eigenvalue weighted by molar-refractivity contribution is 0.131. The minimum Gasteiger partial charge on any atom is -0.488 e. The van der Waals surface area contributed by atoms with Crippen molar-refractivity contribution in [3.05, 3.63) is 89.7 Å². The molecule has 0 unspecified atom stereocenters. The van der Waals surface area contributed by atoms with Crippen molar-refractivity contribution in [2.24, 2.45) is 0 Å². The summed E-state index contributed by atoms with van der Waals surface area (Å²) < 4.78 is 8.03. The fraction of sp³-hybridized carbons (Fsp3) is 0.222. The van der Waals surface area contributed by atoms with Gasteiger partial charge >= 0.3 is 0 Å². The topological polar surface area (TPSA) is 27.1 Å². The number of hydrogen-bond acceptors (Lipinski definition) is 2. The molecule has 0 bridgehead atoms. The van der Waals surface area contributed by atoms with E-state index in [-0.39, 0.29) is 5.60 Å². The molecule has 0 aliphatic carbocycles. The Morgan fingerprint density at radius 2 is 1.53 bits per heavy atom. The molecule has 0 aliphatic rings. The van der Waals surface area contributed by atoms with E-state index < -0.39 is 0 Å². The molecule has 4 aromatic rings. The monoisotopic (exact) mass is 396 g/mol. The van der Waals surface area contributed by atoms with Gasteiger partial charge in [-0.25, -0.2) is 4.98 Å². The van der Waals surface area contributed by atoms with Gasteiger partial charge in [-0.15, -0.1) is 0 Å². The Morgan fingerprint density at radius 3 is 2.20 bits per heavy atom. The predicted molar refractivity (Wildman–Crippen MR) is 126 cm³/mol. The Labute approximate surface area is 178 Å². The van der Waals surface area contributed by atoms with Gasteiger partial charge in [-0.3, -0.25) is 4.57 Å². The highest BCUT2D eigenvalue weighted by Gasteiger charge is 2.12. The fourth-order valence-corrected chi connectivity index (χ4v) is 3.42. The van der Waals surface area contributed by atoms with E-state index in [1.165, 1.54) is 11.1 Å². The molecule has 3 heteroatoms. The van der Waals surface area contributed by atoms with Gasteiger partial charge in [0.15, 0.2) is 0 Å². The molecule has 0 N–H and O–H groups in total. The Bertz CT molecular complexity index is 1160. The number of rotatable bonds is 5. The van der Waals surface area contributed by atoms with E-state index in [4.69, 9.17) is 4.74 Å². The van der Waals surface area contributed by atoms with Crippen molar-refractivity contribution >= 4 is 23.2 Å². The van der Waals surface area contributed by atoms with Crippen LogP contribution >= 0.6 is 0 Å². The number of nitrogens with zero attached hydrogens (tertiary/aromatic N) is 2. The van der Waals surface area contributed by atoms with E-state index in [1.54, 1.807) is 0 Å². The molecule has 152 valence electrons. The second-order valence-corrected chi connectivity index (χ2v) is 8.50. The van der Waals surface area contributed by atoms with Gasteiger partial charge in [0.05, 0.1) is 11.0 Å². The van der Waals surface area contributed by atoms with Crippen molar-refractivity contribution in [1.82, 2.24) is 9.55 Å². The molecule has 4 rings (SSSR count). The van der Waals surface area contributed by atoms with Crippen LogP contribution in [0.3, 0.4) is 0 Å². The largest absolute Gasteiger partial charge is 0.488 e. The number of hydrogen-bond donors (Lipinski definition) is 0. The highest BCUT2D eigenvalue weighted by Crippen LogP contribution is 2.24. The zero-order valence-electron chi connectivity index (χ0n) is 18.1. The van der Waals surface area contributed by atoms with Crippen LogP contribution in [0.25, 0.3) is 28.9 Å². The summed E-state index contributed by atoms with van der Waals surface area (Å²) in [5, 5.41) is 0. The third kappa shape index (κ3) is 4.62.